The topological polar surface area (TPSA) is 35.5 Å². The molecule has 3 heteroatoms. The van der Waals surface area contributed by atoms with Crippen LogP contribution in [0.5, 0.6) is 0 Å². The van der Waals surface area contributed by atoms with Crippen molar-refractivity contribution >= 4 is 0 Å². The summed E-state index contributed by atoms with van der Waals surface area (Å²) in [5.41, 5.74) is 0. The highest BCUT2D eigenvalue weighted by Crippen LogP contribution is 1.89. The van der Waals surface area contributed by atoms with Gasteiger partial charge in [-0.15, -0.1) is 0 Å². The Morgan fingerprint density at radius 2 is 1.77 bits per heavy atom. The maximum absolute atomic E-state index is 8.80. The summed E-state index contributed by atoms with van der Waals surface area (Å²) in [7, 11) is 0. The number of nitrogens with one attached hydrogen (secondary N) is 1. The summed E-state index contributed by atoms with van der Waals surface area (Å²) in [4.78, 5) is 2.29. The summed E-state index contributed by atoms with van der Waals surface area (Å²) in [6.45, 7) is 9.69. The highest BCUT2D eigenvalue weighted by molar-refractivity contribution is 4.58. The molecule has 0 rings (SSSR count). The van der Waals surface area contributed by atoms with Crippen LogP contribution in [0.15, 0.2) is 0 Å². The van der Waals surface area contributed by atoms with E-state index in [-0.39, 0.29) is 6.61 Å². The molecule has 0 aliphatic rings. The Hall–Kier alpha value is -0.120. The Bertz CT molecular complexity index is 92.9. The van der Waals surface area contributed by atoms with E-state index in [0.29, 0.717) is 0 Å². The summed E-state index contributed by atoms with van der Waals surface area (Å²) in [6.07, 6.45) is 2.35. The molecule has 0 fully saturated rings. The molecule has 0 radical (unpaired) electrons. The Kier molecular flexibility index (Phi) is 9.87. The zero-order chi connectivity index (χ0) is 9.94. The van der Waals surface area contributed by atoms with Gasteiger partial charge in [-0.2, -0.15) is 0 Å². The van der Waals surface area contributed by atoms with Crippen LogP contribution >= 0.6 is 0 Å². The molecule has 0 aromatic carbocycles. The van der Waals surface area contributed by atoms with Crippen LogP contribution in [0.25, 0.3) is 0 Å². The normalized spacial score (nSPS) is 11.1. The molecule has 0 aromatic rings. The van der Waals surface area contributed by atoms with Crippen molar-refractivity contribution in [3.05, 3.63) is 0 Å². The monoisotopic (exact) mass is 188 g/mol. The molecule has 3 nitrogen and oxygen atoms in total. The van der Waals surface area contributed by atoms with Crippen molar-refractivity contribution in [2.24, 2.45) is 0 Å². The zero-order valence-electron chi connectivity index (χ0n) is 9.05. The first-order chi connectivity index (χ1) is 6.35. The second kappa shape index (κ2) is 9.96. The van der Waals surface area contributed by atoms with Crippen LogP contribution in [0.4, 0.5) is 0 Å². The lowest BCUT2D eigenvalue weighted by Crippen LogP contribution is -2.34. The molecule has 0 amide bonds. The quantitative estimate of drug-likeness (QED) is 0.523. The van der Waals surface area contributed by atoms with Crippen LogP contribution in [-0.2, 0) is 0 Å². The van der Waals surface area contributed by atoms with Gasteiger partial charge in [-0.25, -0.2) is 0 Å². The minimum atomic E-state index is 0.272. The molecule has 0 heterocycles. The molecule has 0 unspecified atom stereocenters. The van der Waals surface area contributed by atoms with Crippen LogP contribution in [0.2, 0.25) is 0 Å². The van der Waals surface area contributed by atoms with Gasteiger partial charge in [-0.05, 0) is 25.9 Å². The van der Waals surface area contributed by atoms with Gasteiger partial charge in [0.05, 0.1) is 6.61 Å². The van der Waals surface area contributed by atoms with Crippen LogP contribution in [0.1, 0.15) is 26.7 Å². The predicted molar refractivity (Wildman–Crippen MR) is 57.0 cm³/mol. The van der Waals surface area contributed by atoms with Crippen molar-refractivity contribution in [2.75, 3.05) is 39.3 Å². The summed E-state index contributed by atoms with van der Waals surface area (Å²) in [6, 6.07) is 0. The van der Waals surface area contributed by atoms with Gasteiger partial charge in [-0.3, -0.25) is 4.90 Å². The van der Waals surface area contributed by atoms with Gasteiger partial charge in [-0.1, -0.05) is 13.8 Å². The Morgan fingerprint density at radius 1 is 1.00 bits per heavy atom. The van der Waals surface area contributed by atoms with E-state index in [1.807, 2.05) is 0 Å². The van der Waals surface area contributed by atoms with Crippen molar-refractivity contribution in [3.8, 4) is 0 Å². The lowest BCUT2D eigenvalue weighted by molar-refractivity contribution is 0.196. The zero-order valence-corrected chi connectivity index (χ0v) is 9.05. The molecule has 0 atom stereocenters. The SMILES string of the molecule is CCCNCCN(CCC)CCO. The maximum atomic E-state index is 8.80. The number of hydrogen-bond acceptors (Lipinski definition) is 3. The van der Waals surface area contributed by atoms with Gasteiger partial charge < -0.3 is 10.4 Å². The van der Waals surface area contributed by atoms with Gasteiger partial charge in [0.2, 0.25) is 0 Å². The molecule has 0 aliphatic heterocycles. The first kappa shape index (κ1) is 12.9. The van der Waals surface area contributed by atoms with Crippen molar-refractivity contribution in [1.82, 2.24) is 10.2 Å². The molecule has 0 aromatic heterocycles. The molecule has 80 valence electrons. The van der Waals surface area contributed by atoms with E-state index in [1.165, 1.54) is 6.42 Å². The van der Waals surface area contributed by atoms with Crippen LogP contribution in [0, 0.1) is 0 Å². The van der Waals surface area contributed by atoms with E-state index in [9.17, 15) is 0 Å². The number of hydrogen-bond donors (Lipinski definition) is 2. The Balaban J connectivity index is 3.33. The molecular weight excluding hydrogens is 164 g/mol. The maximum Gasteiger partial charge on any atom is 0.0558 e. The van der Waals surface area contributed by atoms with Crippen molar-refractivity contribution in [2.45, 2.75) is 26.7 Å². The smallest absolute Gasteiger partial charge is 0.0558 e. The van der Waals surface area contributed by atoms with E-state index >= 15 is 0 Å². The second-order valence-electron chi connectivity index (χ2n) is 3.32. The third kappa shape index (κ3) is 8.22. The fourth-order valence-electron chi connectivity index (χ4n) is 1.33. The minimum Gasteiger partial charge on any atom is -0.395 e. The fourth-order valence-corrected chi connectivity index (χ4v) is 1.33. The molecule has 0 spiro atoms. The molecule has 2 N–H and O–H groups in total. The molecule has 13 heavy (non-hydrogen) atoms. The van der Waals surface area contributed by atoms with Gasteiger partial charge >= 0.3 is 0 Å². The van der Waals surface area contributed by atoms with E-state index in [2.05, 4.69) is 24.1 Å². The Labute approximate surface area is 82.1 Å². The fraction of sp³-hybridized carbons (Fsp3) is 1.00. The minimum absolute atomic E-state index is 0.272. The van der Waals surface area contributed by atoms with Crippen molar-refractivity contribution in [1.29, 1.82) is 0 Å². The molecule has 0 saturated carbocycles. The molecular formula is C10H24N2O. The lowest BCUT2D eigenvalue weighted by Gasteiger charge is -2.20. The van der Waals surface area contributed by atoms with Crippen LogP contribution < -0.4 is 5.32 Å². The summed E-state index contributed by atoms with van der Waals surface area (Å²) in [5.74, 6) is 0. The largest absolute Gasteiger partial charge is 0.395 e. The summed E-state index contributed by atoms with van der Waals surface area (Å²) < 4.78 is 0. The first-order valence-electron chi connectivity index (χ1n) is 5.39. The van der Waals surface area contributed by atoms with E-state index in [0.717, 1.165) is 39.1 Å². The van der Waals surface area contributed by atoms with E-state index in [4.69, 9.17) is 5.11 Å². The number of rotatable bonds is 9. The average molecular weight is 188 g/mol. The summed E-state index contributed by atoms with van der Waals surface area (Å²) >= 11 is 0. The highest BCUT2D eigenvalue weighted by atomic mass is 16.3. The van der Waals surface area contributed by atoms with Gasteiger partial charge in [0.1, 0.15) is 0 Å². The molecule has 0 aliphatic carbocycles. The standard InChI is InChI=1S/C10H24N2O/c1-3-5-11-6-8-12(7-4-2)9-10-13/h11,13H,3-10H2,1-2H3. The molecule has 0 saturated heterocycles. The number of aliphatic hydroxyl groups excluding tert-OH is 1. The number of aliphatic hydroxyl groups is 1. The third-order valence-corrected chi connectivity index (χ3v) is 1.99. The van der Waals surface area contributed by atoms with E-state index in [1.54, 1.807) is 0 Å². The third-order valence-electron chi connectivity index (χ3n) is 1.99. The van der Waals surface area contributed by atoms with Crippen LogP contribution in [0.3, 0.4) is 0 Å². The predicted octanol–water partition coefficient (Wildman–Crippen LogP) is 0.690. The average Bonchev–Trinajstić information content (AvgIpc) is 2.13. The Morgan fingerprint density at radius 3 is 2.31 bits per heavy atom. The lowest BCUT2D eigenvalue weighted by atomic mass is 10.4. The highest BCUT2D eigenvalue weighted by Gasteiger charge is 2.00. The van der Waals surface area contributed by atoms with Gasteiger partial charge in [0.15, 0.2) is 0 Å². The molecule has 0 bridgehead atoms. The first-order valence-corrected chi connectivity index (χ1v) is 5.39. The summed E-state index contributed by atoms with van der Waals surface area (Å²) in [5, 5.41) is 12.2. The van der Waals surface area contributed by atoms with Gasteiger partial charge in [0.25, 0.3) is 0 Å². The van der Waals surface area contributed by atoms with E-state index < -0.39 is 0 Å². The number of nitrogens with zero attached hydrogens (tertiary/aromatic N) is 1. The van der Waals surface area contributed by atoms with Crippen molar-refractivity contribution in [3.63, 3.8) is 0 Å². The second-order valence-corrected chi connectivity index (χ2v) is 3.32. The van der Waals surface area contributed by atoms with Gasteiger partial charge in [0, 0.05) is 19.6 Å². The van der Waals surface area contributed by atoms with Crippen LogP contribution in [-0.4, -0.2) is 49.3 Å². The van der Waals surface area contributed by atoms with Crippen molar-refractivity contribution < 1.29 is 5.11 Å².